The van der Waals surface area contributed by atoms with Gasteiger partial charge in [0.2, 0.25) is 0 Å². The quantitative estimate of drug-likeness (QED) is 0.813. The highest BCUT2D eigenvalue weighted by atomic mass is 32.1. The Bertz CT molecular complexity index is 881. The van der Waals surface area contributed by atoms with Crippen LogP contribution in [-0.4, -0.2) is 44.5 Å². The minimum atomic E-state index is -0.0876. The van der Waals surface area contributed by atoms with E-state index in [0.717, 1.165) is 66.2 Å². The Hall–Kier alpha value is -2.18. The molecule has 5 nitrogen and oxygen atoms in total. The van der Waals surface area contributed by atoms with Crippen molar-refractivity contribution in [3.63, 3.8) is 0 Å². The fraction of sp³-hybridized carbons (Fsp3) is 0.400. The van der Waals surface area contributed by atoms with Crippen LogP contribution in [0.2, 0.25) is 0 Å². The zero-order valence-corrected chi connectivity index (χ0v) is 15.6. The van der Waals surface area contributed by atoms with Crippen molar-refractivity contribution in [1.29, 1.82) is 0 Å². The van der Waals surface area contributed by atoms with Crippen LogP contribution in [0, 0.1) is 12.8 Å². The lowest BCUT2D eigenvalue weighted by molar-refractivity contribution is 0.0954. The number of amidine groups is 1. The molecule has 3 aliphatic heterocycles. The summed E-state index contributed by atoms with van der Waals surface area (Å²) in [6.07, 6.45) is 0.844. The van der Waals surface area contributed by atoms with E-state index in [0.29, 0.717) is 0 Å². The summed E-state index contributed by atoms with van der Waals surface area (Å²) in [6.45, 7) is 6.34. The third-order valence-corrected chi connectivity index (χ3v) is 6.35. The van der Waals surface area contributed by atoms with Crippen molar-refractivity contribution in [2.45, 2.75) is 13.3 Å². The third kappa shape index (κ3) is 2.56. The van der Waals surface area contributed by atoms with E-state index in [2.05, 4.69) is 34.1 Å². The molecule has 2 saturated heterocycles. The van der Waals surface area contributed by atoms with E-state index in [-0.39, 0.29) is 11.7 Å². The number of anilines is 2. The second-order valence-corrected chi connectivity index (χ2v) is 8.25. The lowest BCUT2D eigenvalue weighted by Gasteiger charge is -2.29. The summed E-state index contributed by atoms with van der Waals surface area (Å²) in [5.74, 6) is 1.07. The molecule has 3 aliphatic rings. The van der Waals surface area contributed by atoms with Gasteiger partial charge in [-0.25, -0.2) is 4.99 Å². The van der Waals surface area contributed by atoms with Gasteiger partial charge < -0.3 is 14.5 Å². The van der Waals surface area contributed by atoms with Gasteiger partial charge in [0, 0.05) is 35.9 Å². The van der Waals surface area contributed by atoms with Crippen LogP contribution in [0.25, 0.3) is 0 Å². The third-order valence-electron chi connectivity index (χ3n) is 5.40. The fourth-order valence-electron chi connectivity index (χ4n) is 4.06. The zero-order chi connectivity index (χ0) is 17.7. The number of hydrogen-bond acceptors (Lipinski definition) is 6. The van der Waals surface area contributed by atoms with Gasteiger partial charge in [0.1, 0.15) is 10.8 Å². The number of carbonyl (C=O) groups excluding carboxylic acids is 1. The highest BCUT2D eigenvalue weighted by Crippen LogP contribution is 2.41. The van der Waals surface area contributed by atoms with Gasteiger partial charge in [-0.1, -0.05) is 0 Å². The van der Waals surface area contributed by atoms with Crippen molar-refractivity contribution < 1.29 is 9.53 Å². The average Bonchev–Trinajstić information content (AvgIpc) is 3.26. The minimum Gasteiger partial charge on any atom is -0.378 e. The summed E-state index contributed by atoms with van der Waals surface area (Å²) in [6, 6.07) is 10.6. The van der Waals surface area contributed by atoms with Crippen LogP contribution in [0.15, 0.2) is 35.3 Å². The maximum atomic E-state index is 12.8. The van der Waals surface area contributed by atoms with Gasteiger partial charge >= 0.3 is 0 Å². The number of Topliss-reactive ketones (excluding diaryl/α,β-unsaturated/α-hetero) is 1. The molecule has 2 aromatic rings. The van der Waals surface area contributed by atoms with E-state index in [4.69, 9.17) is 9.73 Å². The van der Waals surface area contributed by atoms with Crippen LogP contribution in [0.1, 0.15) is 21.7 Å². The van der Waals surface area contributed by atoms with E-state index in [1.807, 2.05) is 13.0 Å². The molecule has 1 aromatic heterocycles. The molecule has 0 radical (unpaired) electrons. The molecule has 0 spiro atoms. The minimum absolute atomic E-state index is 0.0876. The maximum Gasteiger partial charge on any atom is 0.176 e. The van der Waals surface area contributed by atoms with Gasteiger partial charge in [-0.05, 0) is 43.7 Å². The van der Waals surface area contributed by atoms with Gasteiger partial charge in [-0.2, -0.15) is 0 Å². The number of aryl methyl sites for hydroxylation is 1. The molecule has 0 aliphatic carbocycles. The predicted octanol–water partition coefficient (Wildman–Crippen LogP) is 3.65. The Morgan fingerprint density at radius 3 is 2.62 bits per heavy atom. The monoisotopic (exact) mass is 367 g/mol. The smallest absolute Gasteiger partial charge is 0.176 e. The van der Waals surface area contributed by atoms with Gasteiger partial charge in [0.25, 0.3) is 0 Å². The lowest BCUT2D eigenvalue weighted by atomic mass is 9.95. The van der Waals surface area contributed by atoms with E-state index < -0.39 is 0 Å². The SMILES string of the molecule is Cc1cc2c(s1)N=C1C(CCN1c1ccc(N3CCOCC3)cc1)C2=O. The molecule has 5 rings (SSSR count). The van der Waals surface area contributed by atoms with Crippen molar-refractivity contribution >= 4 is 39.3 Å². The molecule has 134 valence electrons. The molecule has 0 N–H and O–H groups in total. The molecule has 4 heterocycles. The number of benzene rings is 1. The Morgan fingerprint density at radius 1 is 1.12 bits per heavy atom. The van der Waals surface area contributed by atoms with Gasteiger partial charge in [-0.15, -0.1) is 11.3 Å². The number of fused-ring (bicyclic) bond motifs is 2. The Morgan fingerprint density at radius 2 is 1.85 bits per heavy atom. The first-order valence-corrected chi connectivity index (χ1v) is 9.96. The number of hydrogen-bond donors (Lipinski definition) is 0. The lowest BCUT2D eigenvalue weighted by Crippen LogP contribution is -2.36. The van der Waals surface area contributed by atoms with Crippen molar-refractivity contribution in [3.05, 3.63) is 40.8 Å². The zero-order valence-electron chi connectivity index (χ0n) is 14.8. The van der Waals surface area contributed by atoms with Crippen LogP contribution in [0.5, 0.6) is 0 Å². The first kappa shape index (κ1) is 16.0. The molecule has 0 saturated carbocycles. The topological polar surface area (TPSA) is 45.1 Å². The van der Waals surface area contributed by atoms with E-state index >= 15 is 0 Å². The molecule has 26 heavy (non-hydrogen) atoms. The molecular formula is C20H21N3O2S. The molecule has 1 aromatic carbocycles. The maximum absolute atomic E-state index is 12.8. The number of aliphatic imine (C=N–C) groups is 1. The van der Waals surface area contributed by atoms with Crippen molar-refractivity contribution in [3.8, 4) is 0 Å². The Labute approximate surface area is 156 Å². The van der Waals surface area contributed by atoms with Gasteiger partial charge in [0.05, 0.1) is 24.7 Å². The number of carbonyl (C=O) groups is 1. The van der Waals surface area contributed by atoms with E-state index in [9.17, 15) is 4.79 Å². The van der Waals surface area contributed by atoms with Crippen LogP contribution in [0.4, 0.5) is 16.4 Å². The number of ether oxygens (including phenoxy) is 1. The number of thiophene rings is 1. The largest absolute Gasteiger partial charge is 0.378 e. The second-order valence-electron chi connectivity index (χ2n) is 7.02. The predicted molar refractivity (Wildman–Crippen MR) is 105 cm³/mol. The molecule has 2 fully saturated rings. The first-order valence-electron chi connectivity index (χ1n) is 9.14. The number of nitrogens with zero attached hydrogens (tertiary/aromatic N) is 3. The van der Waals surface area contributed by atoms with Gasteiger partial charge in [-0.3, -0.25) is 4.79 Å². The molecule has 6 heteroatoms. The van der Waals surface area contributed by atoms with E-state index in [1.165, 1.54) is 5.69 Å². The van der Waals surface area contributed by atoms with Crippen molar-refractivity contribution in [2.24, 2.45) is 10.9 Å². The van der Waals surface area contributed by atoms with E-state index in [1.54, 1.807) is 11.3 Å². The van der Waals surface area contributed by atoms with Crippen LogP contribution in [-0.2, 0) is 4.74 Å². The molecule has 1 unspecified atom stereocenters. The highest BCUT2D eigenvalue weighted by Gasteiger charge is 2.40. The second kappa shape index (κ2) is 6.21. The summed E-state index contributed by atoms with van der Waals surface area (Å²) in [5.41, 5.74) is 3.16. The first-order chi connectivity index (χ1) is 12.7. The summed E-state index contributed by atoms with van der Waals surface area (Å²) >= 11 is 1.61. The Kier molecular flexibility index (Phi) is 3.83. The van der Waals surface area contributed by atoms with Crippen LogP contribution in [0.3, 0.4) is 0 Å². The summed E-state index contributed by atoms with van der Waals surface area (Å²) in [4.78, 5) is 23.4. The standard InChI is InChI=1S/C20H21N3O2S/c1-13-12-17-18(24)16-6-7-23(19(16)21-20(17)26-13)15-4-2-14(3-5-15)22-8-10-25-11-9-22/h2-5,12,16H,6-11H2,1H3. The van der Waals surface area contributed by atoms with Crippen molar-refractivity contribution in [1.82, 2.24) is 0 Å². The molecular weight excluding hydrogens is 346 g/mol. The number of morpholine rings is 1. The summed E-state index contributed by atoms with van der Waals surface area (Å²) < 4.78 is 5.43. The number of rotatable bonds is 2. The summed E-state index contributed by atoms with van der Waals surface area (Å²) in [5, 5.41) is 0.871. The van der Waals surface area contributed by atoms with Crippen molar-refractivity contribution in [2.75, 3.05) is 42.6 Å². The average molecular weight is 367 g/mol. The fourth-order valence-corrected chi connectivity index (χ4v) is 4.95. The van der Waals surface area contributed by atoms with Gasteiger partial charge in [0.15, 0.2) is 5.78 Å². The van der Waals surface area contributed by atoms with Crippen LogP contribution >= 0.6 is 11.3 Å². The summed E-state index contributed by atoms with van der Waals surface area (Å²) in [7, 11) is 0. The number of ketones is 1. The molecule has 0 amide bonds. The molecule has 0 bridgehead atoms. The molecule has 1 atom stereocenters. The Balaban J connectivity index is 1.44. The van der Waals surface area contributed by atoms with Crippen LogP contribution < -0.4 is 9.80 Å². The highest BCUT2D eigenvalue weighted by molar-refractivity contribution is 7.16. The normalized spacial score (nSPS) is 22.3.